The minimum atomic E-state index is 0.278. The fourth-order valence-electron chi connectivity index (χ4n) is 1.29. The molecule has 1 saturated carbocycles. The zero-order valence-electron chi connectivity index (χ0n) is 5.01. The molecule has 2 atom stereocenters. The SMILES string of the molecule is N[C@@H]1CCC[C@@H]1CO. The molecule has 1 aliphatic carbocycles. The molecule has 0 aromatic rings. The van der Waals surface area contributed by atoms with E-state index in [4.69, 9.17) is 10.8 Å². The minimum Gasteiger partial charge on any atom is -0.396 e. The fourth-order valence-corrected chi connectivity index (χ4v) is 1.29. The number of rotatable bonds is 1. The first-order chi connectivity index (χ1) is 3.84. The summed E-state index contributed by atoms with van der Waals surface area (Å²) in [5.74, 6) is 0.398. The Balaban J connectivity index is 2.30. The standard InChI is InChI=1S/C6H13NO/c7-6-3-1-2-5(6)4-8/h5-6,8H,1-4,7H2/t5-,6-/m1/s1. The van der Waals surface area contributed by atoms with Gasteiger partial charge in [-0.3, -0.25) is 0 Å². The molecule has 2 nitrogen and oxygen atoms in total. The monoisotopic (exact) mass is 115 g/mol. The zero-order chi connectivity index (χ0) is 5.98. The number of aliphatic hydroxyl groups excluding tert-OH is 1. The van der Waals surface area contributed by atoms with E-state index in [2.05, 4.69) is 0 Å². The molecule has 3 N–H and O–H groups in total. The second kappa shape index (κ2) is 2.46. The summed E-state index contributed by atoms with van der Waals surface area (Å²) in [5.41, 5.74) is 5.63. The highest BCUT2D eigenvalue weighted by atomic mass is 16.3. The van der Waals surface area contributed by atoms with Gasteiger partial charge in [0, 0.05) is 12.6 Å². The van der Waals surface area contributed by atoms with Gasteiger partial charge >= 0.3 is 0 Å². The molecule has 1 aliphatic rings. The molecule has 0 heterocycles. The van der Waals surface area contributed by atoms with E-state index in [1.807, 2.05) is 0 Å². The maximum atomic E-state index is 8.66. The molecule has 2 heteroatoms. The maximum Gasteiger partial charge on any atom is 0.0474 e. The van der Waals surface area contributed by atoms with E-state index in [0.29, 0.717) is 5.92 Å². The van der Waals surface area contributed by atoms with Crippen molar-refractivity contribution in [2.75, 3.05) is 6.61 Å². The van der Waals surface area contributed by atoms with Gasteiger partial charge in [0.05, 0.1) is 0 Å². The van der Waals surface area contributed by atoms with Crippen LogP contribution in [0, 0.1) is 5.92 Å². The summed E-state index contributed by atoms with van der Waals surface area (Å²) in [4.78, 5) is 0. The summed E-state index contributed by atoms with van der Waals surface area (Å²) in [6.45, 7) is 0.279. The molecule has 8 heavy (non-hydrogen) atoms. The number of hydrogen-bond donors (Lipinski definition) is 2. The van der Waals surface area contributed by atoms with Crippen LogP contribution in [0.3, 0.4) is 0 Å². The summed E-state index contributed by atoms with van der Waals surface area (Å²) in [6.07, 6.45) is 3.43. The smallest absolute Gasteiger partial charge is 0.0474 e. The highest BCUT2D eigenvalue weighted by Gasteiger charge is 2.22. The van der Waals surface area contributed by atoms with Crippen LogP contribution in [0.4, 0.5) is 0 Å². The Morgan fingerprint density at radius 1 is 1.50 bits per heavy atom. The van der Waals surface area contributed by atoms with Crippen LogP contribution in [-0.2, 0) is 0 Å². The Hall–Kier alpha value is -0.0800. The Morgan fingerprint density at radius 3 is 2.50 bits per heavy atom. The van der Waals surface area contributed by atoms with E-state index in [-0.39, 0.29) is 12.6 Å². The normalized spacial score (nSPS) is 38.2. The summed E-state index contributed by atoms with van der Waals surface area (Å²) < 4.78 is 0. The van der Waals surface area contributed by atoms with Gasteiger partial charge in [0.15, 0.2) is 0 Å². The number of nitrogens with two attached hydrogens (primary N) is 1. The molecule has 1 rings (SSSR count). The predicted octanol–water partition coefficient (Wildman–Crippen LogP) is 0.106. The third-order valence-corrected chi connectivity index (χ3v) is 1.95. The van der Waals surface area contributed by atoms with Crippen LogP contribution in [0.25, 0.3) is 0 Å². The molecule has 0 radical (unpaired) electrons. The van der Waals surface area contributed by atoms with Crippen molar-refractivity contribution in [1.82, 2.24) is 0 Å². The summed E-state index contributed by atoms with van der Waals surface area (Å²) in [6, 6.07) is 0.278. The van der Waals surface area contributed by atoms with Crippen LogP contribution in [0.2, 0.25) is 0 Å². The molecular formula is C6H13NO. The first-order valence-corrected chi connectivity index (χ1v) is 3.21. The van der Waals surface area contributed by atoms with Gasteiger partial charge in [0.25, 0.3) is 0 Å². The second-order valence-electron chi connectivity index (χ2n) is 2.54. The average molecular weight is 115 g/mol. The van der Waals surface area contributed by atoms with E-state index in [9.17, 15) is 0 Å². The number of hydrogen-bond acceptors (Lipinski definition) is 2. The highest BCUT2D eigenvalue weighted by Crippen LogP contribution is 2.22. The molecule has 48 valence electrons. The Bertz CT molecular complexity index is 74.9. The molecule has 1 fully saturated rings. The van der Waals surface area contributed by atoms with E-state index in [1.54, 1.807) is 0 Å². The van der Waals surface area contributed by atoms with Crippen LogP contribution >= 0.6 is 0 Å². The van der Waals surface area contributed by atoms with Crippen LogP contribution < -0.4 is 5.73 Å². The van der Waals surface area contributed by atoms with Crippen molar-refractivity contribution >= 4 is 0 Å². The third-order valence-electron chi connectivity index (χ3n) is 1.95. The van der Waals surface area contributed by atoms with Crippen molar-refractivity contribution in [3.05, 3.63) is 0 Å². The molecule has 0 bridgehead atoms. The molecule has 0 unspecified atom stereocenters. The maximum absolute atomic E-state index is 8.66. The van der Waals surface area contributed by atoms with Crippen molar-refractivity contribution in [3.63, 3.8) is 0 Å². The van der Waals surface area contributed by atoms with Gasteiger partial charge in [0.2, 0.25) is 0 Å². The minimum absolute atomic E-state index is 0.278. The lowest BCUT2D eigenvalue weighted by Gasteiger charge is -2.09. The lowest BCUT2D eigenvalue weighted by molar-refractivity contribution is 0.218. The highest BCUT2D eigenvalue weighted by molar-refractivity contribution is 4.78. The van der Waals surface area contributed by atoms with Crippen molar-refractivity contribution < 1.29 is 5.11 Å². The first kappa shape index (κ1) is 6.05. The van der Waals surface area contributed by atoms with Gasteiger partial charge in [-0.25, -0.2) is 0 Å². The molecule has 0 aromatic carbocycles. The summed E-state index contributed by atoms with van der Waals surface area (Å²) >= 11 is 0. The van der Waals surface area contributed by atoms with Gasteiger partial charge in [0.1, 0.15) is 0 Å². The van der Waals surface area contributed by atoms with Crippen molar-refractivity contribution in [1.29, 1.82) is 0 Å². The Kier molecular flexibility index (Phi) is 1.86. The van der Waals surface area contributed by atoms with Crippen LogP contribution in [0.5, 0.6) is 0 Å². The molecular weight excluding hydrogens is 102 g/mol. The topological polar surface area (TPSA) is 46.2 Å². The summed E-state index contributed by atoms with van der Waals surface area (Å²) in [7, 11) is 0. The van der Waals surface area contributed by atoms with E-state index >= 15 is 0 Å². The molecule has 0 amide bonds. The van der Waals surface area contributed by atoms with Gasteiger partial charge in [-0.2, -0.15) is 0 Å². The largest absolute Gasteiger partial charge is 0.396 e. The third kappa shape index (κ3) is 1.01. The van der Waals surface area contributed by atoms with Crippen molar-refractivity contribution in [2.45, 2.75) is 25.3 Å². The van der Waals surface area contributed by atoms with Crippen molar-refractivity contribution in [2.24, 2.45) is 11.7 Å². The Labute approximate surface area is 49.7 Å². The van der Waals surface area contributed by atoms with Crippen LogP contribution in [0.1, 0.15) is 19.3 Å². The molecule has 0 aromatic heterocycles. The van der Waals surface area contributed by atoms with Gasteiger partial charge in [-0.05, 0) is 18.8 Å². The van der Waals surface area contributed by atoms with Crippen molar-refractivity contribution in [3.8, 4) is 0 Å². The van der Waals surface area contributed by atoms with Gasteiger partial charge < -0.3 is 10.8 Å². The second-order valence-corrected chi connectivity index (χ2v) is 2.54. The predicted molar refractivity (Wildman–Crippen MR) is 32.4 cm³/mol. The fraction of sp³-hybridized carbons (Fsp3) is 1.00. The van der Waals surface area contributed by atoms with E-state index in [1.165, 1.54) is 6.42 Å². The van der Waals surface area contributed by atoms with Crippen LogP contribution in [0.15, 0.2) is 0 Å². The molecule has 0 spiro atoms. The Morgan fingerprint density at radius 2 is 2.25 bits per heavy atom. The van der Waals surface area contributed by atoms with Gasteiger partial charge in [-0.1, -0.05) is 6.42 Å². The average Bonchev–Trinajstić information content (AvgIpc) is 2.14. The summed E-state index contributed by atoms with van der Waals surface area (Å²) in [5, 5.41) is 8.66. The quantitative estimate of drug-likeness (QED) is 0.509. The van der Waals surface area contributed by atoms with Gasteiger partial charge in [-0.15, -0.1) is 0 Å². The molecule has 0 saturated heterocycles. The number of aliphatic hydroxyl groups is 1. The van der Waals surface area contributed by atoms with E-state index < -0.39 is 0 Å². The molecule has 0 aliphatic heterocycles. The van der Waals surface area contributed by atoms with Crippen LogP contribution in [-0.4, -0.2) is 17.8 Å². The lowest BCUT2D eigenvalue weighted by Crippen LogP contribution is -2.26. The zero-order valence-corrected chi connectivity index (χ0v) is 5.01. The lowest BCUT2D eigenvalue weighted by atomic mass is 10.1. The first-order valence-electron chi connectivity index (χ1n) is 3.21. The van der Waals surface area contributed by atoms with E-state index in [0.717, 1.165) is 12.8 Å².